The average Bonchev–Trinajstić information content (AvgIpc) is 3.44. The van der Waals surface area contributed by atoms with E-state index in [0.29, 0.717) is 45.8 Å². The first kappa shape index (κ1) is 24.8. The molecule has 1 saturated carbocycles. The van der Waals surface area contributed by atoms with Crippen molar-refractivity contribution >= 4 is 28.9 Å². The van der Waals surface area contributed by atoms with E-state index in [1.54, 1.807) is 12.3 Å². The molecule has 2 atom stereocenters. The van der Waals surface area contributed by atoms with Crippen LogP contribution in [0.15, 0.2) is 18.5 Å². The summed E-state index contributed by atoms with van der Waals surface area (Å²) >= 11 is 6.27. The molecule has 1 aliphatic carbocycles. The molecule has 0 spiro atoms. The molecule has 1 saturated heterocycles. The quantitative estimate of drug-likeness (QED) is 0.472. The number of carbonyl (C=O) groups is 1. The Labute approximate surface area is 212 Å². The van der Waals surface area contributed by atoms with Crippen LogP contribution in [-0.4, -0.2) is 44.3 Å². The van der Waals surface area contributed by atoms with Crippen molar-refractivity contribution in [3.8, 4) is 11.3 Å². The molecule has 12 heteroatoms. The molecule has 0 aromatic carbocycles. The molecule has 1 amide bonds. The van der Waals surface area contributed by atoms with E-state index in [1.807, 2.05) is 4.57 Å². The summed E-state index contributed by atoms with van der Waals surface area (Å²) < 4.78 is 23.1. The number of hydrogen-bond acceptors (Lipinski definition) is 8. The lowest BCUT2D eigenvalue weighted by Crippen LogP contribution is -2.29. The number of halogens is 2. The van der Waals surface area contributed by atoms with Crippen LogP contribution in [0.2, 0.25) is 5.02 Å². The maximum atomic E-state index is 16.0. The fourth-order valence-electron chi connectivity index (χ4n) is 5.01. The van der Waals surface area contributed by atoms with Crippen LogP contribution in [0, 0.1) is 11.8 Å². The normalized spacial score (nSPS) is 23.9. The van der Waals surface area contributed by atoms with Crippen molar-refractivity contribution in [1.29, 1.82) is 0 Å². The summed E-state index contributed by atoms with van der Waals surface area (Å²) in [6.45, 7) is 4.14. The number of carbonyl (C=O) groups excluding carboxylic acids is 1. The van der Waals surface area contributed by atoms with Crippen molar-refractivity contribution in [2.24, 2.45) is 11.8 Å². The van der Waals surface area contributed by atoms with E-state index in [9.17, 15) is 4.79 Å². The van der Waals surface area contributed by atoms with Crippen molar-refractivity contribution in [2.45, 2.75) is 57.9 Å². The third-order valence-corrected chi connectivity index (χ3v) is 7.05. The molecule has 0 radical (unpaired) electrons. The highest BCUT2D eigenvalue weighted by atomic mass is 35.5. The molecule has 4 heterocycles. The Balaban J connectivity index is 1.72. The van der Waals surface area contributed by atoms with Gasteiger partial charge in [-0.3, -0.25) is 10.3 Å². The summed E-state index contributed by atoms with van der Waals surface area (Å²) in [6.07, 6.45) is 6.09. The number of rotatable bonds is 7. The van der Waals surface area contributed by atoms with Crippen LogP contribution in [0.1, 0.15) is 57.3 Å². The van der Waals surface area contributed by atoms with Crippen molar-refractivity contribution in [3.63, 3.8) is 0 Å². The summed E-state index contributed by atoms with van der Waals surface area (Å²) in [7, 11) is 1.46. The molecule has 1 aliphatic heterocycles. The fraction of sp³-hybridized carbons (Fsp3) is 0.542. The van der Waals surface area contributed by atoms with Gasteiger partial charge in [0, 0.05) is 31.6 Å². The van der Waals surface area contributed by atoms with Crippen molar-refractivity contribution in [1.82, 2.24) is 35.3 Å². The van der Waals surface area contributed by atoms with Crippen molar-refractivity contribution in [2.75, 3.05) is 13.7 Å². The van der Waals surface area contributed by atoms with E-state index in [4.69, 9.17) is 26.2 Å². The Bertz CT molecular complexity index is 1280. The van der Waals surface area contributed by atoms with E-state index >= 15 is 4.39 Å². The van der Waals surface area contributed by atoms with E-state index < -0.39 is 17.9 Å². The van der Waals surface area contributed by atoms with Gasteiger partial charge < -0.3 is 14.1 Å². The number of imidazole rings is 1. The predicted octanol–water partition coefficient (Wildman–Crippen LogP) is 4.44. The van der Waals surface area contributed by atoms with Gasteiger partial charge >= 0.3 is 6.09 Å². The second-order valence-corrected chi connectivity index (χ2v) is 10.3. The molecule has 10 nitrogen and oxygen atoms in total. The van der Waals surface area contributed by atoms with Crippen LogP contribution in [0.3, 0.4) is 0 Å². The van der Waals surface area contributed by atoms with Crippen LogP contribution in [-0.2, 0) is 21.8 Å². The smallest absolute Gasteiger partial charge is 0.381 e. The van der Waals surface area contributed by atoms with Gasteiger partial charge in [0.1, 0.15) is 11.2 Å². The second-order valence-electron chi connectivity index (χ2n) is 9.88. The first-order valence-electron chi connectivity index (χ1n) is 12.1. The maximum Gasteiger partial charge on any atom is 0.427 e. The molecule has 3 aromatic rings. The molecule has 5 rings (SSSR count). The highest BCUT2D eigenvalue weighted by molar-refractivity contribution is 6.30. The Morgan fingerprint density at radius 2 is 2.03 bits per heavy atom. The molecule has 2 unspecified atom stereocenters. The first-order valence-corrected chi connectivity index (χ1v) is 12.4. The summed E-state index contributed by atoms with van der Waals surface area (Å²) in [5, 5.41) is 3.03. The lowest BCUT2D eigenvalue weighted by Gasteiger charge is -2.28. The topological polar surface area (TPSA) is 116 Å². The van der Waals surface area contributed by atoms with Gasteiger partial charge in [-0.1, -0.05) is 31.4 Å². The van der Waals surface area contributed by atoms with Gasteiger partial charge in [-0.15, -0.1) is 5.48 Å². The van der Waals surface area contributed by atoms with Crippen LogP contribution < -0.4 is 10.8 Å². The van der Waals surface area contributed by atoms with E-state index in [-0.39, 0.29) is 18.3 Å². The van der Waals surface area contributed by atoms with Crippen molar-refractivity contribution < 1.29 is 18.8 Å². The van der Waals surface area contributed by atoms with Crippen LogP contribution >= 0.6 is 11.6 Å². The highest BCUT2D eigenvalue weighted by Crippen LogP contribution is 2.37. The number of ether oxygens (including phenoxy) is 1. The third-order valence-electron chi connectivity index (χ3n) is 6.85. The molecule has 2 fully saturated rings. The van der Waals surface area contributed by atoms with Gasteiger partial charge in [0.2, 0.25) is 0 Å². The van der Waals surface area contributed by atoms with Crippen molar-refractivity contribution in [3.05, 3.63) is 35.1 Å². The molecule has 2 N–H and O–H groups in total. The van der Waals surface area contributed by atoms with Gasteiger partial charge in [-0.05, 0) is 37.7 Å². The number of fused-ring (bicyclic) bond motifs is 1. The largest absolute Gasteiger partial charge is 0.427 e. The minimum atomic E-state index is -1.87. The number of nitrogens with one attached hydrogen (secondary N) is 2. The van der Waals surface area contributed by atoms with Gasteiger partial charge in [0.05, 0.1) is 11.6 Å². The first-order chi connectivity index (χ1) is 17.2. The molecule has 2 aliphatic rings. The van der Waals surface area contributed by atoms with E-state index in [2.05, 4.69) is 32.7 Å². The molecular formula is C24H29ClFN7O3. The number of pyridine rings is 1. The number of hydrogen-bond donors (Lipinski definition) is 2. The third kappa shape index (κ3) is 4.87. The SMILES string of the molecule is COCC(C)(F)c1nc2nc(C3NOC(=O)N3)nc(-c3cncc(Cl)c3)c2n1CC1CCC(C)CC1. The summed E-state index contributed by atoms with van der Waals surface area (Å²) in [4.78, 5) is 34.7. The van der Waals surface area contributed by atoms with Crippen LogP contribution in [0.4, 0.5) is 9.18 Å². The number of alkyl halides is 1. The number of nitrogens with zero attached hydrogens (tertiary/aromatic N) is 5. The Kier molecular flexibility index (Phi) is 6.80. The van der Waals surface area contributed by atoms with Gasteiger partial charge in [-0.25, -0.2) is 24.1 Å². The lowest BCUT2D eigenvalue weighted by molar-refractivity contribution is 0.0429. The van der Waals surface area contributed by atoms with E-state index in [0.717, 1.165) is 25.7 Å². The summed E-state index contributed by atoms with van der Waals surface area (Å²) in [5.41, 5.74) is 2.69. The number of aromatic nitrogens is 5. The van der Waals surface area contributed by atoms with E-state index in [1.165, 1.54) is 20.2 Å². The second kappa shape index (κ2) is 9.87. The predicted molar refractivity (Wildman–Crippen MR) is 131 cm³/mol. The molecule has 36 heavy (non-hydrogen) atoms. The molecule has 0 bridgehead atoms. The molecule has 192 valence electrons. The Morgan fingerprint density at radius 3 is 2.69 bits per heavy atom. The minimum absolute atomic E-state index is 0.166. The molecule has 3 aromatic heterocycles. The van der Waals surface area contributed by atoms with Gasteiger partial charge in [0.25, 0.3) is 0 Å². The zero-order chi connectivity index (χ0) is 25.4. The zero-order valence-electron chi connectivity index (χ0n) is 20.4. The number of methoxy groups -OCH3 is 1. The maximum absolute atomic E-state index is 16.0. The van der Waals surface area contributed by atoms with Crippen LogP contribution in [0.5, 0.6) is 0 Å². The van der Waals surface area contributed by atoms with Gasteiger partial charge in [-0.2, -0.15) is 0 Å². The Morgan fingerprint density at radius 1 is 1.25 bits per heavy atom. The fourth-order valence-corrected chi connectivity index (χ4v) is 5.19. The zero-order valence-corrected chi connectivity index (χ0v) is 21.2. The standard InChI is InChI=1S/C24H29ClFN7O3/c1-13-4-6-14(7-5-13)11-33-18-17(15-8-16(25)10-27-9-15)28-20(21-31-23(34)36-32-21)29-19(18)30-22(33)24(2,26)12-35-3/h8-10,13-14,21,32H,4-7,11-12H2,1-3H3,(H,31,34). The summed E-state index contributed by atoms with van der Waals surface area (Å²) in [6, 6.07) is 1.74. The average molecular weight is 518 g/mol. The number of hydroxylamine groups is 1. The molecular weight excluding hydrogens is 489 g/mol. The number of amides is 1. The monoisotopic (exact) mass is 517 g/mol. The highest BCUT2D eigenvalue weighted by Gasteiger charge is 2.36. The van der Waals surface area contributed by atoms with Gasteiger partial charge in [0.15, 0.2) is 29.1 Å². The Hall–Kier alpha value is -2.89. The minimum Gasteiger partial charge on any atom is -0.381 e. The lowest BCUT2D eigenvalue weighted by atomic mass is 9.83. The summed E-state index contributed by atoms with van der Waals surface area (Å²) in [5.74, 6) is 1.50. The van der Waals surface area contributed by atoms with Crippen LogP contribution in [0.25, 0.3) is 22.4 Å².